The smallest absolute Gasteiger partial charge is 0.240 e. The third-order valence-electron chi connectivity index (χ3n) is 4.70. The van der Waals surface area contributed by atoms with E-state index in [9.17, 15) is 13.2 Å². The van der Waals surface area contributed by atoms with Crippen molar-refractivity contribution < 1.29 is 13.2 Å². The zero-order valence-corrected chi connectivity index (χ0v) is 17.9. The SMILES string of the molecule is Cc1ccc(S(=O)(=O)NCCC(=O)NCc2ccc(Cn3ccnc3)cc2)c(C)c1. The molecule has 0 unspecified atom stereocenters. The molecule has 158 valence electrons. The van der Waals surface area contributed by atoms with E-state index in [1.54, 1.807) is 31.6 Å². The molecule has 0 aliphatic heterocycles. The van der Waals surface area contributed by atoms with Gasteiger partial charge < -0.3 is 9.88 Å². The molecule has 30 heavy (non-hydrogen) atoms. The zero-order chi connectivity index (χ0) is 21.6. The molecule has 0 fully saturated rings. The molecular weight excluding hydrogens is 400 g/mol. The summed E-state index contributed by atoms with van der Waals surface area (Å²) in [6.07, 6.45) is 5.49. The van der Waals surface area contributed by atoms with Gasteiger partial charge in [0.05, 0.1) is 11.2 Å². The summed E-state index contributed by atoms with van der Waals surface area (Å²) in [6, 6.07) is 13.1. The molecule has 1 amide bonds. The van der Waals surface area contributed by atoms with Crippen molar-refractivity contribution in [3.8, 4) is 0 Å². The van der Waals surface area contributed by atoms with Gasteiger partial charge in [0.2, 0.25) is 15.9 Å². The number of hydrogen-bond donors (Lipinski definition) is 2. The van der Waals surface area contributed by atoms with Gasteiger partial charge in [0.25, 0.3) is 0 Å². The minimum Gasteiger partial charge on any atom is -0.352 e. The number of carbonyl (C=O) groups is 1. The Morgan fingerprint density at radius 2 is 1.80 bits per heavy atom. The van der Waals surface area contributed by atoms with Crippen molar-refractivity contribution in [1.29, 1.82) is 0 Å². The number of amides is 1. The summed E-state index contributed by atoms with van der Waals surface area (Å²) in [5, 5.41) is 2.82. The lowest BCUT2D eigenvalue weighted by Crippen LogP contribution is -2.30. The number of hydrogen-bond acceptors (Lipinski definition) is 4. The number of aromatic nitrogens is 2. The van der Waals surface area contributed by atoms with E-state index >= 15 is 0 Å². The molecule has 0 radical (unpaired) electrons. The predicted octanol–water partition coefficient (Wildman–Crippen LogP) is 2.53. The molecule has 8 heteroatoms. The quantitative estimate of drug-likeness (QED) is 0.550. The first-order chi connectivity index (χ1) is 14.3. The average molecular weight is 427 g/mol. The predicted molar refractivity (Wildman–Crippen MR) is 115 cm³/mol. The van der Waals surface area contributed by atoms with Crippen molar-refractivity contribution in [2.45, 2.75) is 38.3 Å². The summed E-state index contributed by atoms with van der Waals surface area (Å²) in [5.41, 5.74) is 3.81. The maximum atomic E-state index is 12.4. The van der Waals surface area contributed by atoms with E-state index in [1.165, 1.54) is 0 Å². The standard InChI is InChI=1S/C22H26N4O3S/c1-17-3-8-21(18(2)13-17)30(28,29)25-10-9-22(27)24-14-19-4-6-20(7-5-19)15-26-12-11-23-16-26/h3-8,11-13,16,25H,9-10,14-15H2,1-2H3,(H,24,27). The van der Waals surface area contributed by atoms with E-state index in [4.69, 9.17) is 0 Å². The molecule has 3 rings (SSSR count). The highest BCUT2D eigenvalue weighted by molar-refractivity contribution is 7.89. The van der Waals surface area contributed by atoms with Crippen LogP contribution < -0.4 is 10.0 Å². The lowest BCUT2D eigenvalue weighted by Gasteiger charge is -2.10. The van der Waals surface area contributed by atoms with E-state index < -0.39 is 10.0 Å². The molecule has 1 aromatic heterocycles. The summed E-state index contributed by atoms with van der Waals surface area (Å²) in [5.74, 6) is -0.208. The molecule has 2 N–H and O–H groups in total. The monoisotopic (exact) mass is 426 g/mol. The highest BCUT2D eigenvalue weighted by atomic mass is 32.2. The first-order valence-electron chi connectivity index (χ1n) is 9.71. The van der Waals surface area contributed by atoms with Gasteiger partial charge in [0.1, 0.15) is 0 Å². The number of nitrogens with one attached hydrogen (secondary N) is 2. The van der Waals surface area contributed by atoms with Crippen LogP contribution in [0.3, 0.4) is 0 Å². The van der Waals surface area contributed by atoms with Crippen LogP contribution in [-0.4, -0.2) is 30.4 Å². The average Bonchev–Trinajstić information content (AvgIpc) is 3.20. The van der Waals surface area contributed by atoms with Crippen LogP contribution >= 0.6 is 0 Å². The van der Waals surface area contributed by atoms with Crippen LogP contribution in [0.5, 0.6) is 0 Å². The number of carbonyl (C=O) groups excluding carboxylic acids is 1. The van der Waals surface area contributed by atoms with E-state index in [1.807, 2.05) is 48.0 Å². The summed E-state index contributed by atoms with van der Waals surface area (Å²) >= 11 is 0. The van der Waals surface area contributed by atoms with Crippen LogP contribution in [0, 0.1) is 13.8 Å². The lowest BCUT2D eigenvalue weighted by molar-refractivity contribution is -0.121. The fourth-order valence-electron chi connectivity index (χ4n) is 3.12. The minimum absolute atomic E-state index is 0.0470. The van der Waals surface area contributed by atoms with E-state index in [-0.39, 0.29) is 23.8 Å². The summed E-state index contributed by atoms with van der Waals surface area (Å²) in [7, 11) is -3.63. The Kier molecular flexibility index (Phi) is 7.02. The normalized spacial score (nSPS) is 11.4. The number of nitrogens with zero attached hydrogens (tertiary/aromatic N) is 2. The second kappa shape index (κ2) is 9.69. The van der Waals surface area contributed by atoms with E-state index in [2.05, 4.69) is 15.0 Å². The van der Waals surface area contributed by atoms with Crippen molar-refractivity contribution in [2.24, 2.45) is 0 Å². The van der Waals surface area contributed by atoms with Crippen molar-refractivity contribution in [3.63, 3.8) is 0 Å². The van der Waals surface area contributed by atoms with Gasteiger partial charge >= 0.3 is 0 Å². The van der Waals surface area contributed by atoms with Crippen molar-refractivity contribution >= 4 is 15.9 Å². The first kappa shape index (κ1) is 21.7. The number of imidazole rings is 1. The highest BCUT2D eigenvalue weighted by Gasteiger charge is 2.16. The Morgan fingerprint density at radius 1 is 1.07 bits per heavy atom. The number of sulfonamides is 1. The molecule has 0 saturated carbocycles. The number of aryl methyl sites for hydroxylation is 2. The van der Waals surface area contributed by atoms with Gasteiger partial charge in [-0.3, -0.25) is 4.79 Å². The van der Waals surface area contributed by atoms with Crippen LogP contribution in [0.2, 0.25) is 0 Å². The highest BCUT2D eigenvalue weighted by Crippen LogP contribution is 2.16. The molecule has 0 aliphatic carbocycles. The third kappa shape index (κ3) is 6.01. The lowest BCUT2D eigenvalue weighted by atomic mass is 10.1. The van der Waals surface area contributed by atoms with Crippen LogP contribution in [0.4, 0.5) is 0 Å². The van der Waals surface area contributed by atoms with E-state index in [0.29, 0.717) is 12.1 Å². The Labute approximate surface area is 177 Å². The minimum atomic E-state index is -3.63. The molecular formula is C22H26N4O3S. The summed E-state index contributed by atoms with van der Waals surface area (Å²) < 4.78 is 29.3. The second-order valence-electron chi connectivity index (χ2n) is 7.24. The van der Waals surface area contributed by atoms with Crippen LogP contribution in [0.1, 0.15) is 28.7 Å². The molecule has 0 spiro atoms. The van der Waals surface area contributed by atoms with Gasteiger partial charge in [0, 0.05) is 38.4 Å². The first-order valence-corrected chi connectivity index (χ1v) is 11.2. The maximum absolute atomic E-state index is 12.4. The van der Waals surface area contributed by atoms with Crippen molar-refractivity contribution in [1.82, 2.24) is 19.6 Å². The maximum Gasteiger partial charge on any atom is 0.240 e. The van der Waals surface area contributed by atoms with Crippen LogP contribution in [0.15, 0.2) is 66.1 Å². The van der Waals surface area contributed by atoms with Gasteiger partial charge in [-0.1, -0.05) is 42.0 Å². The number of rotatable bonds is 9. The second-order valence-corrected chi connectivity index (χ2v) is 8.98. The molecule has 3 aromatic rings. The van der Waals surface area contributed by atoms with Gasteiger partial charge in [-0.15, -0.1) is 0 Å². The summed E-state index contributed by atoms with van der Waals surface area (Å²) in [6.45, 7) is 4.86. The Morgan fingerprint density at radius 3 is 2.47 bits per heavy atom. The Balaban J connectivity index is 1.43. The Hall–Kier alpha value is -2.97. The molecule has 1 heterocycles. The van der Waals surface area contributed by atoms with Crippen molar-refractivity contribution in [3.05, 3.63) is 83.4 Å². The molecule has 2 aromatic carbocycles. The fourth-order valence-corrected chi connectivity index (χ4v) is 4.38. The van der Waals surface area contributed by atoms with Gasteiger partial charge in [0.15, 0.2) is 0 Å². The molecule has 0 atom stereocenters. The molecule has 7 nitrogen and oxygen atoms in total. The van der Waals surface area contributed by atoms with Gasteiger partial charge in [-0.05, 0) is 36.6 Å². The fraction of sp³-hybridized carbons (Fsp3) is 0.273. The molecule has 0 aliphatic rings. The van der Waals surface area contributed by atoms with E-state index in [0.717, 1.165) is 23.2 Å². The van der Waals surface area contributed by atoms with Gasteiger partial charge in [-0.2, -0.15) is 0 Å². The molecule has 0 saturated heterocycles. The Bertz CT molecular complexity index is 1090. The zero-order valence-electron chi connectivity index (χ0n) is 17.1. The van der Waals surface area contributed by atoms with Gasteiger partial charge in [-0.25, -0.2) is 18.1 Å². The summed E-state index contributed by atoms with van der Waals surface area (Å²) in [4.78, 5) is 16.3. The largest absolute Gasteiger partial charge is 0.352 e. The topological polar surface area (TPSA) is 93.1 Å². The third-order valence-corrected chi connectivity index (χ3v) is 6.32. The number of benzene rings is 2. The van der Waals surface area contributed by atoms with Crippen molar-refractivity contribution in [2.75, 3.05) is 6.54 Å². The molecule has 0 bridgehead atoms. The van der Waals surface area contributed by atoms with Crippen LogP contribution in [0.25, 0.3) is 0 Å². The van der Waals surface area contributed by atoms with Crippen LogP contribution in [-0.2, 0) is 27.9 Å².